The lowest BCUT2D eigenvalue weighted by atomic mass is 10.0. The lowest BCUT2D eigenvalue weighted by molar-refractivity contribution is 0.326. The molecule has 0 amide bonds. The van der Waals surface area contributed by atoms with Crippen LogP contribution >= 0.6 is 12.4 Å². The van der Waals surface area contributed by atoms with Crippen LogP contribution in [0.1, 0.15) is 40.5 Å². The summed E-state index contributed by atoms with van der Waals surface area (Å²) in [4.78, 5) is 0. The number of sulfonamides is 1. The van der Waals surface area contributed by atoms with E-state index < -0.39 is 10.0 Å². The second kappa shape index (κ2) is 7.08. The molecule has 0 spiro atoms. The van der Waals surface area contributed by atoms with Crippen molar-refractivity contribution in [2.75, 3.05) is 25.4 Å². The molecule has 4 nitrogen and oxygen atoms in total. The molecule has 0 aromatic rings. The van der Waals surface area contributed by atoms with Gasteiger partial charge in [0.15, 0.2) is 0 Å². The van der Waals surface area contributed by atoms with Crippen molar-refractivity contribution in [3.05, 3.63) is 0 Å². The number of nitrogens with zero attached hydrogens (tertiary/aromatic N) is 1. The van der Waals surface area contributed by atoms with Crippen molar-refractivity contribution in [2.45, 2.75) is 46.6 Å². The lowest BCUT2D eigenvalue weighted by Crippen LogP contribution is -2.45. The highest BCUT2D eigenvalue weighted by molar-refractivity contribution is 7.89. The molecular weight excluding hydrogens is 272 g/mol. The highest BCUT2D eigenvalue weighted by Gasteiger charge is 2.33. The van der Waals surface area contributed by atoms with E-state index in [4.69, 9.17) is 0 Å². The third-order valence-electron chi connectivity index (χ3n) is 2.86. The summed E-state index contributed by atoms with van der Waals surface area (Å²) in [5.41, 5.74) is -0.184. The highest BCUT2D eigenvalue weighted by atomic mass is 35.5. The fraction of sp³-hybridized carbons (Fsp3) is 1.00. The molecular formula is C12H27ClN2O2S. The van der Waals surface area contributed by atoms with Crippen molar-refractivity contribution in [3.63, 3.8) is 0 Å². The number of hydrogen-bond acceptors (Lipinski definition) is 3. The molecule has 0 aromatic heterocycles. The van der Waals surface area contributed by atoms with Crippen LogP contribution < -0.4 is 5.32 Å². The zero-order valence-electron chi connectivity index (χ0n) is 11.9. The quantitative estimate of drug-likeness (QED) is 0.843. The van der Waals surface area contributed by atoms with Gasteiger partial charge in [0, 0.05) is 19.1 Å². The molecule has 0 saturated carbocycles. The van der Waals surface area contributed by atoms with Gasteiger partial charge < -0.3 is 5.32 Å². The summed E-state index contributed by atoms with van der Waals surface area (Å²) in [6.45, 7) is 10.3. The lowest BCUT2D eigenvalue weighted by Gasteiger charge is -2.30. The minimum Gasteiger partial charge on any atom is -0.315 e. The summed E-state index contributed by atoms with van der Waals surface area (Å²) in [7, 11) is -3.13. The van der Waals surface area contributed by atoms with Crippen LogP contribution in [0.2, 0.25) is 0 Å². The van der Waals surface area contributed by atoms with Gasteiger partial charge >= 0.3 is 0 Å². The van der Waals surface area contributed by atoms with Crippen molar-refractivity contribution >= 4 is 22.4 Å². The smallest absolute Gasteiger partial charge is 0.214 e. The van der Waals surface area contributed by atoms with E-state index in [1.165, 1.54) is 0 Å². The van der Waals surface area contributed by atoms with Gasteiger partial charge in [-0.25, -0.2) is 8.42 Å². The van der Waals surface area contributed by atoms with Crippen LogP contribution in [-0.2, 0) is 10.0 Å². The molecule has 1 saturated heterocycles. The van der Waals surface area contributed by atoms with Crippen molar-refractivity contribution in [2.24, 2.45) is 5.41 Å². The van der Waals surface area contributed by atoms with Crippen molar-refractivity contribution in [1.29, 1.82) is 0 Å². The number of hydrogen-bond donors (Lipinski definition) is 1. The van der Waals surface area contributed by atoms with Crippen LogP contribution in [0.5, 0.6) is 0 Å². The summed E-state index contributed by atoms with van der Waals surface area (Å²) in [6, 6.07) is 0.155. The largest absolute Gasteiger partial charge is 0.315 e. The van der Waals surface area contributed by atoms with Crippen LogP contribution in [0.4, 0.5) is 0 Å². The molecule has 0 bridgehead atoms. The monoisotopic (exact) mass is 298 g/mol. The molecule has 1 unspecified atom stereocenters. The summed E-state index contributed by atoms with van der Waals surface area (Å²) < 4.78 is 26.6. The fourth-order valence-corrected chi connectivity index (χ4v) is 4.64. The van der Waals surface area contributed by atoms with E-state index >= 15 is 0 Å². The Morgan fingerprint density at radius 2 is 1.94 bits per heavy atom. The molecule has 1 N–H and O–H groups in total. The van der Waals surface area contributed by atoms with Gasteiger partial charge in [-0.3, -0.25) is 0 Å². The van der Waals surface area contributed by atoms with Gasteiger partial charge in [-0.15, -0.1) is 12.4 Å². The van der Waals surface area contributed by atoms with Gasteiger partial charge in [-0.05, 0) is 24.8 Å². The Morgan fingerprint density at radius 3 is 2.33 bits per heavy atom. The molecule has 0 aliphatic carbocycles. The molecule has 1 aliphatic rings. The molecule has 0 radical (unpaired) electrons. The Bertz CT molecular complexity index is 332. The highest BCUT2D eigenvalue weighted by Crippen LogP contribution is 2.22. The number of halogens is 1. The molecule has 1 heterocycles. The molecule has 1 rings (SSSR count). The van der Waals surface area contributed by atoms with Crippen LogP contribution in [-0.4, -0.2) is 44.2 Å². The maximum atomic E-state index is 12.4. The molecule has 6 heteroatoms. The van der Waals surface area contributed by atoms with Gasteiger partial charge in [0.25, 0.3) is 0 Å². The standard InChI is InChI=1S/C12H26N2O2S.ClH/c1-5-8-14(11-6-7-13-9-11)17(15,16)10-12(2,3)4;/h11,13H,5-10H2,1-4H3;1H. The summed E-state index contributed by atoms with van der Waals surface area (Å²) >= 11 is 0. The van der Waals surface area contributed by atoms with E-state index in [9.17, 15) is 8.42 Å². The van der Waals surface area contributed by atoms with Gasteiger partial charge in [0.05, 0.1) is 5.75 Å². The maximum Gasteiger partial charge on any atom is 0.214 e. The average Bonchev–Trinajstić information content (AvgIpc) is 2.62. The van der Waals surface area contributed by atoms with E-state index in [2.05, 4.69) is 5.32 Å². The predicted molar refractivity (Wildman–Crippen MR) is 78.8 cm³/mol. The van der Waals surface area contributed by atoms with Crippen LogP contribution in [0, 0.1) is 5.41 Å². The molecule has 18 heavy (non-hydrogen) atoms. The Hall–Kier alpha value is 0.160. The molecule has 1 atom stereocenters. The summed E-state index contributed by atoms with van der Waals surface area (Å²) in [5.74, 6) is 0.233. The van der Waals surface area contributed by atoms with Gasteiger partial charge in [-0.1, -0.05) is 27.7 Å². The minimum atomic E-state index is -3.13. The van der Waals surface area contributed by atoms with Gasteiger partial charge in [-0.2, -0.15) is 4.31 Å². The summed E-state index contributed by atoms with van der Waals surface area (Å²) in [5, 5.41) is 3.24. The first-order chi connectivity index (χ1) is 7.76. The third-order valence-corrected chi connectivity index (χ3v) is 5.28. The first kappa shape index (κ1) is 18.2. The van der Waals surface area contributed by atoms with Crippen molar-refractivity contribution in [1.82, 2.24) is 9.62 Å². The molecule has 1 fully saturated rings. The minimum absolute atomic E-state index is 0. The van der Waals surface area contributed by atoms with E-state index in [1.807, 2.05) is 27.7 Å². The molecule has 0 aromatic carbocycles. The number of nitrogens with one attached hydrogen (secondary N) is 1. The Balaban J connectivity index is 0.00000289. The Kier molecular flexibility index (Phi) is 7.14. The van der Waals surface area contributed by atoms with Crippen molar-refractivity contribution < 1.29 is 8.42 Å². The van der Waals surface area contributed by atoms with Gasteiger partial charge in [0.2, 0.25) is 10.0 Å². The van der Waals surface area contributed by atoms with E-state index in [1.54, 1.807) is 4.31 Å². The topological polar surface area (TPSA) is 49.4 Å². The van der Waals surface area contributed by atoms with Crippen LogP contribution in [0.15, 0.2) is 0 Å². The summed E-state index contributed by atoms with van der Waals surface area (Å²) in [6.07, 6.45) is 1.81. The zero-order valence-corrected chi connectivity index (χ0v) is 13.5. The molecule has 1 aliphatic heterocycles. The normalized spacial score (nSPS) is 21.1. The van der Waals surface area contributed by atoms with E-state index in [0.717, 1.165) is 25.9 Å². The maximum absolute atomic E-state index is 12.4. The van der Waals surface area contributed by atoms with E-state index in [-0.39, 0.29) is 29.6 Å². The Labute approximate surface area is 118 Å². The molecule has 110 valence electrons. The number of rotatable bonds is 5. The van der Waals surface area contributed by atoms with Crippen molar-refractivity contribution in [3.8, 4) is 0 Å². The van der Waals surface area contributed by atoms with Crippen LogP contribution in [0.25, 0.3) is 0 Å². The van der Waals surface area contributed by atoms with Crippen LogP contribution in [0.3, 0.4) is 0 Å². The first-order valence-electron chi connectivity index (χ1n) is 6.46. The third kappa shape index (κ3) is 5.43. The first-order valence-corrected chi connectivity index (χ1v) is 8.07. The SMILES string of the molecule is CCCN(C1CCNC1)S(=O)(=O)CC(C)(C)C.Cl. The average molecular weight is 299 g/mol. The second-order valence-electron chi connectivity index (χ2n) is 6.07. The fourth-order valence-electron chi connectivity index (χ4n) is 2.28. The predicted octanol–water partition coefficient (Wildman–Crippen LogP) is 1.86. The van der Waals surface area contributed by atoms with Gasteiger partial charge in [0.1, 0.15) is 0 Å². The second-order valence-corrected chi connectivity index (χ2v) is 8.00. The zero-order chi connectivity index (χ0) is 13.1. The van der Waals surface area contributed by atoms with E-state index in [0.29, 0.717) is 6.54 Å². The Morgan fingerprint density at radius 1 is 1.33 bits per heavy atom.